The van der Waals surface area contributed by atoms with E-state index in [4.69, 9.17) is 5.11 Å². The third-order valence-corrected chi connectivity index (χ3v) is 2.52. The van der Waals surface area contributed by atoms with Crippen LogP contribution in [-0.4, -0.2) is 32.2 Å². The summed E-state index contributed by atoms with van der Waals surface area (Å²) in [5.41, 5.74) is 1.52. The Hall–Kier alpha value is -2.70. The first-order valence-electron chi connectivity index (χ1n) is 5.55. The molecule has 98 valence electrons. The van der Waals surface area contributed by atoms with Gasteiger partial charge in [0, 0.05) is 12.3 Å². The molecule has 7 heteroatoms. The van der Waals surface area contributed by atoms with Crippen molar-refractivity contribution < 1.29 is 14.7 Å². The Kier molecular flexibility index (Phi) is 3.56. The molecule has 0 saturated carbocycles. The van der Waals surface area contributed by atoms with Crippen LogP contribution in [0.2, 0.25) is 0 Å². The normalized spacial score (nSPS) is 10.2. The quantitative estimate of drug-likeness (QED) is 0.759. The van der Waals surface area contributed by atoms with E-state index in [1.807, 2.05) is 13.0 Å². The molecule has 0 aliphatic rings. The van der Waals surface area contributed by atoms with Crippen LogP contribution in [0.3, 0.4) is 0 Å². The number of nitrogens with zero attached hydrogens (tertiary/aromatic N) is 2. The molecule has 19 heavy (non-hydrogen) atoms. The molecule has 0 saturated heterocycles. The fourth-order valence-electron chi connectivity index (χ4n) is 1.54. The van der Waals surface area contributed by atoms with Gasteiger partial charge in [-0.3, -0.25) is 14.9 Å². The van der Waals surface area contributed by atoms with E-state index in [9.17, 15) is 9.59 Å². The van der Waals surface area contributed by atoms with E-state index in [-0.39, 0.29) is 23.8 Å². The summed E-state index contributed by atoms with van der Waals surface area (Å²) in [4.78, 5) is 26.5. The molecule has 3 N–H and O–H groups in total. The number of carboxylic acid groups (broad SMARTS) is 1. The van der Waals surface area contributed by atoms with Crippen molar-refractivity contribution in [2.75, 3.05) is 5.32 Å². The van der Waals surface area contributed by atoms with Gasteiger partial charge in [0.1, 0.15) is 5.69 Å². The average molecular weight is 260 g/mol. The van der Waals surface area contributed by atoms with E-state index in [2.05, 4.69) is 20.5 Å². The average Bonchev–Trinajstić information content (AvgIpc) is 2.80. The van der Waals surface area contributed by atoms with Crippen molar-refractivity contribution in [3.05, 3.63) is 41.3 Å². The fraction of sp³-hybridized carbons (Fsp3) is 0.167. The summed E-state index contributed by atoms with van der Waals surface area (Å²) >= 11 is 0. The second-order valence-corrected chi connectivity index (χ2v) is 3.96. The van der Waals surface area contributed by atoms with Crippen molar-refractivity contribution in [1.82, 2.24) is 15.2 Å². The molecule has 2 aromatic heterocycles. The number of hydrogen-bond donors (Lipinski definition) is 3. The van der Waals surface area contributed by atoms with Gasteiger partial charge >= 0.3 is 5.97 Å². The number of H-pyrrole nitrogens is 1. The third-order valence-electron chi connectivity index (χ3n) is 2.52. The maximum atomic E-state index is 11.8. The van der Waals surface area contributed by atoms with Crippen LogP contribution in [0.4, 0.5) is 5.82 Å². The van der Waals surface area contributed by atoms with Crippen LogP contribution in [0.15, 0.2) is 24.4 Å². The summed E-state index contributed by atoms with van der Waals surface area (Å²) in [6, 6.07) is 4.92. The van der Waals surface area contributed by atoms with Gasteiger partial charge in [-0.05, 0) is 18.6 Å². The standard InChI is InChI=1S/C12H12N4O3/c1-7-3-2-4-13-8(7)6-11(17)14-10-5-9(12(18)19)15-16-10/h2-5H,6H2,1H3,(H,18,19)(H2,14,15,16,17). The van der Waals surface area contributed by atoms with E-state index in [0.29, 0.717) is 5.69 Å². The lowest BCUT2D eigenvalue weighted by Crippen LogP contribution is -2.16. The Labute approximate surface area is 108 Å². The first kappa shape index (κ1) is 12.7. The van der Waals surface area contributed by atoms with Crippen LogP contribution < -0.4 is 5.32 Å². The number of pyridine rings is 1. The van der Waals surface area contributed by atoms with Crippen molar-refractivity contribution in [3.8, 4) is 0 Å². The minimum Gasteiger partial charge on any atom is -0.477 e. The van der Waals surface area contributed by atoms with Gasteiger partial charge in [-0.1, -0.05) is 6.07 Å². The van der Waals surface area contributed by atoms with Crippen LogP contribution in [0.1, 0.15) is 21.7 Å². The highest BCUT2D eigenvalue weighted by Crippen LogP contribution is 2.08. The predicted molar refractivity (Wildman–Crippen MR) is 66.9 cm³/mol. The molecule has 0 fully saturated rings. The summed E-state index contributed by atoms with van der Waals surface area (Å²) in [6.45, 7) is 1.87. The first-order chi connectivity index (χ1) is 9.06. The summed E-state index contributed by atoms with van der Waals surface area (Å²) in [5, 5.41) is 17.2. The molecule has 0 aromatic carbocycles. The number of carbonyl (C=O) groups is 2. The van der Waals surface area contributed by atoms with Crippen LogP contribution in [0, 0.1) is 6.92 Å². The summed E-state index contributed by atoms with van der Waals surface area (Å²) in [6.07, 6.45) is 1.73. The van der Waals surface area contributed by atoms with E-state index >= 15 is 0 Å². The zero-order valence-electron chi connectivity index (χ0n) is 10.2. The zero-order valence-corrected chi connectivity index (χ0v) is 10.2. The van der Waals surface area contributed by atoms with Crippen LogP contribution in [0.5, 0.6) is 0 Å². The first-order valence-corrected chi connectivity index (χ1v) is 5.55. The number of amides is 1. The Balaban J connectivity index is 2.01. The Morgan fingerprint density at radius 2 is 2.26 bits per heavy atom. The third kappa shape index (κ3) is 3.15. The van der Waals surface area contributed by atoms with Gasteiger partial charge < -0.3 is 10.4 Å². The van der Waals surface area contributed by atoms with Crippen LogP contribution in [0.25, 0.3) is 0 Å². The smallest absolute Gasteiger partial charge is 0.353 e. The van der Waals surface area contributed by atoms with Gasteiger partial charge in [-0.15, -0.1) is 0 Å². The predicted octanol–water partition coefficient (Wildman–Crippen LogP) is 0.993. The molecule has 0 unspecified atom stereocenters. The molecule has 7 nitrogen and oxygen atoms in total. The molecular weight excluding hydrogens is 248 g/mol. The maximum Gasteiger partial charge on any atom is 0.353 e. The van der Waals surface area contributed by atoms with Crippen molar-refractivity contribution in [3.63, 3.8) is 0 Å². The van der Waals surface area contributed by atoms with Crippen molar-refractivity contribution in [1.29, 1.82) is 0 Å². The molecule has 1 amide bonds. The van der Waals surface area contributed by atoms with Gasteiger partial charge in [0.05, 0.1) is 12.1 Å². The van der Waals surface area contributed by atoms with Gasteiger partial charge in [0.25, 0.3) is 0 Å². The summed E-state index contributed by atoms with van der Waals surface area (Å²) in [5.74, 6) is -1.25. The molecule has 0 spiro atoms. The second kappa shape index (κ2) is 5.30. The Bertz CT molecular complexity index is 621. The van der Waals surface area contributed by atoms with Crippen LogP contribution in [-0.2, 0) is 11.2 Å². The number of carboxylic acids is 1. The molecule has 0 radical (unpaired) electrons. The molecule has 0 bridgehead atoms. The molecule has 2 aromatic rings. The van der Waals surface area contributed by atoms with Crippen molar-refractivity contribution >= 4 is 17.7 Å². The number of rotatable bonds is 4. The van der Waals surface area contributed by atoms with E-state index in [1.165, 1.54) is 6.07 Å². The number of anilines is 1. The van der Waals surface area contributed by atoms with Crippen molar-refractivity contribution in [2.45, 2.75) is 13.3 Å². The van der Waals surface area contributed by atoms with E-state index in [0.717, 1.165) is 5.56 Å². The van der Waals surface area contributed by atoms with Crippen molar-refractivity contribution in [2.24, 2.45) is 0 Å². The van der Waals surface area contributed by atoms with Crippen LogP contribution >= 0.6 is 0 Å². The van der Waals surface area contributed by atoms with Gasteiger partial charge in [0.2, 0.25) is 5.91 Å². The largest absolute Gasteiger partial charge is 0.477 e. The SMILES string of the molecule is Cc1cccnc1CC(=O)Nc1cc(C(=O)O)[nH]n1. The lowest BCUT2D eigenvalue weighted by atomic mass is 10.1. The summed E-state index contributed by atoms with van der Waals surface area (Å²) < 4.78 is 0. The number of aryl methyl sites for hydroxylation is 1. The number of carbonyl (C=O) groups excluding carboxylic acids is 1. The van der Waals surface area contributed by atoms with Gasteiger partial charge in [-0.25, -0.2) is 4.79 Å². The highest BCUT2D eigenvalue weighted by Gasteiger charge is 2.11. The topological polar surface area (TPSA) is 108 Å². The number of aromatic amines is 1. The molecule has 0 aliphatic carbocycles. The number of hydrogen-bond acceptors (Lipinski definition) is 4. The van der Waals surface area contributed by atoms with Gasteiger partial charge in [0.15, 0.2) is 5.82 Å². The molecule has 0 aliphatic heterocycles. The van der Waals surface area contributed by atoms with E-state index < -0.39 is 5.97 Å². The lowest BCUT2D eigenvalue weighted by Gasteiger charge is -2.03. The Morgan fingerprint density at radius 3 is 2.89 bits per heavy atom. The molecule has 2 heterocycles. The highest BCUT2D eigenvalue weighted by molar-refractivity contribution is 5.93. The Morgan fingerprint density at radius 1 is 1.47 bits per heavy atom. The molecular formula is C12H12N4O3. The number of aromatic nitrogens is 3. The molecule has 2 rings (SSSR count). The minimum absolute atomic E-state index is 0.0793. The minimum atomic E-state index is -1.13. The number of aromatic carboxylic acids is 1. The molecule has 0 atom stereocenters. The number of nitrogens with one attached hydrogen (secondary N) is 2. The fourth-order valence-corrected chi connectivity index (χ4v) is 1.54. The summed E-state index contributed by atoms with van der Waals surface area (Å²) in [7, 11) is 0. The lowest BCUT2D eigenvalue weighted by molar-refractivity contribution is -0.115. The van der Waals surface area contributed by atoms with E-state index in [1.54, 1.807) is 12.3 Å². The monoisotopic (exact) mass is 260 g/mol. The van der Waals surface area contributed by atoms with Gasteiger partial charge in [-0.2, -0.15) is 5.10 Å². The maximum absolute atomic E-state index is 11.8. The second-order valence-electron chi connectivity index (χ2n) is 3.96. The zero-order chi connectivity index (χ0) is 13.8. The highest BCUT2D eigenvalue weighted by atomic mass is 16.4.